The van der Waals surface area contributed by atoms with Crippen molar-refractivity contribution in [2.75, 3.05) is 30.1 Å². The third-order valence-corrected chi connectivity index (χ3v) is 9.50. The van der Waals surface area contributed by atoms with E-state index in [2.05, 4.69) is 9.71 Å². The van der Waals surface area contributed by atoms with Crippen LogP contribution in [-0.4, -0.2) is 54.8 Å². The number of carbonyl (C=O) groups is 1. The average Bonchev–Trinajstić information content (AvgIpc) is 3.03. The first-order valence-corrected chi connectivity index (χ1v) is 16.0. The van der Waals surface area contributed by atoms with Gasteiger partial charge < -0.3 is 10.6 Å². The number of hydrogen-bond acceptors (Lipinski definition) is 6. The zero-order chi connectivity index (χ0) is 32.6. The minimum absolute atomic E-state index is 0.0231. The number of carbonyl (C=O) groups excluding carboxylic acids is 1. The molecule has 1 atom stereocenters. The van der Waals surface area contributed by atoms with Gasteiger partial charge in [-0.2, -0.15) is 0 Å². The molecule has 0 aliphatic carbocycles. The Hall–Kier alpha value is -4.94. The van der Waals surface area contributed by atoms with Crippen molar-refractivity contribution >= 4 is 38.2 Å². The van der Waals surface area contributed by atoms with Crippen molar-refractivity contribution in [2.45, 2.75) is 24.4 Å². The van der Waals surface area contributed by atoms with Crippen LogP contribution in [0.2, 0.25) is 0 Å². The molecular weight excluding hydrogens is 615 g/mol. The molecule has 0 unspecified atom stereocenters. The number of pyridine rings is 1. The Morgan fingerprint density at radius 2 is 1.65 bits per heavy atom. The normalized spacial score (nSPS) is 15.7. The van der Waals surface area contributed by atoms with Gasteiger partial charge in [0.1, 0.15) is 5.82 Å². The summed E-state index contributed by atoms with van der Waals surface area (Å²) in [5.74, 6) is -3.42. The maximum Gasteiger partial charge on any atom is 0.262 e. The lowest BCUT2D eigenvalue weighted by atomic mass is 10.0. The molecule has 4 aromatic carbocycles. The number of halogens is 3. The zero-order valence-corrected chi connectivity index (χ0v) is 25.6. The first-order valence-electron chi connectivity index (χ1n) is 14.5. The van der Waals surface area contributed by atoms with E-state index in [1.54, 1.807) is 41.4 Å². The van der Waals surface area contributed by atoms with Gasteiger partial charge in [-0.15, -0.1) is 0 Å². The van der Waals surface area contributed by atoms with Gasteiger partial charge in [0.25, 0.3) is 15.9 Å². The summed E-state index contributed by atoms with van der Waals surface area (Å²) in [5, 5.41) is 0.854. The molecule has 0 saturated carbocycles. The molecule has 1 fully saturated rings. The van der Waals surface area contributed by atoms with Crippen molar-refractivity contribution in [1.82, 2.24) is 14.8 Å². The number of piperazine rings is 1. The first-order chi connectivity index (χ1) is 22.0. The third-order valence-electron chi connectivity index (χ3n) is 8.06. The molecule has 1 aliphatic heterocycles. The Morgan fingerprint density at radius 1 is 0.913 bits per heavy atom. The molecule has 1 aliphatic rings. The zero-order valence-electron chi connectivity index (χ0n) is 24.8. The molecule has 0 spiro atoms. The molecular formula is C34H30F3N5O3S. The Bertz CT molecular complexity index is 2050. The summed E-state index contributed by atoms with van der Waals surface area (Å²) < 4.78 is 71.0. The largest absolute Gasteiger partial charge is 0.399 e. The molecule has 8 nitrogen and oxygen atoms in total. The molecule has 5 aromatic rings. The van der Waals surface area contributed by atoms with Crippen molar-refractivity contribution in [3.63, 3.8) is 0 Å². The van der Waals surface area contributed by atoms with E-state index in [9.17, 15) is 26.4 Å². The standard InChI is InChI=1S/C34H30F3N5O3S/c1-21-19-41(20-24-16-30(36)31(37)18-29(24)35)14-15-42(21)34(43)23-7-10-26(11-8-23)40-46(44,45)32-12-9-25(38)17-28(32)27-6-2-4-22-5-3-13-39-33(22)27/h2-13,16-18,21,40H,14-15,19-20,38H2,1H3/t21-/m1/s1. The van der Waals surface area contributed by atoms with E-state index in [0.717, 1.165) is 11.5 Å². The first kappa shape index (κ1) is 31.1. The summed E-state index contributed by atoms with van der Waals surface area (Å²) in [7, 11) is -4.09. The minimum atomic E-state index is -4.09. The van der Waals surface area contributed by atoms with Gasteiger partial charge in [-0.3, -0.25) is 19.4 Å². The number of fused-ring (bicyclic) bond motifs is 1. The monoisotopic (exact) mass is 645 g/mol. The van der Waals surface area contributed by atoms with E-state index < -0.39 is 27.5 Å². The summed E-state index contributed by atoms with van der Waals surface area (Å²) in [6.45, 7) is 3.07. The lowest BCUT2D eigenvalue weighted by Crippen LogP contribution is -2.53. The second kappa shape index (κ2) is 12.5. The van der Waals surface area contributed by atoms with Crippen LogP contribution >= 0.6 is 0 Å². The van der Waals surface area contributed by atoms with E-state index in [1.807, 2.05) is 30.0 Å². The molecule has 46 heavy (non-hydrogen) atoms. The minimum Gasteiger partial charge on any atom is -0.399 e. The average molecular weight is 646 g/mol. The fraction of sp³-hybridized carbons (Fsp3) is 0.176. The molecule has 1 saturated heterocycles. The van der Waals surface area contributed by atoms with Crippen LogP contribution in [-0.2, 0) is 16.6 Å². The van der Waals surface area contributed by atoms with Gasteiger partial charge in [0, 0.05) is 83.5 Å². The van der Waals surface area contributed by atoms with Gasteiger partial charge in [0.15, 0.2) is 11.6 Å². The van der Waals surface area contributed by atoms with Gasteiger partial charge in [-0.25, -0.2) is 21.6 Å². The van der Waals surface area contributed by atoms with Crippen molar-refractivity contribution in [1.29, 1.82) is 0 Å². The molecule has 1 aromatic heterocycles. The van der Waals surface area contributed by atoms with Gasteiger partial charge in [-0.05, 0) is 61.5 Å². The van der Waals surface area contributed by atoms with Crippen LogP contribution < -0.4 is 10.5 Å². The highest BCUT2D eigenvalue weighted by Gasteiger charge is 2.29. The second-order valence-corrected chi connectivity index (χ2v) is 12.9. The topological polar surface area (TPSA) is 109 Å². The van der Waals surface area contributed by atoms with E-state index in [-0.39, 0.29) is 34.6 Å². The van der Waals surface area contributed by atoms with Crippen molar-refractivity contribution in [3.8, 4) is 11.1 Å². The number of hydrogen-bond donors (Lipinski definition) is 2. The van der Waals surface area contributed by atoms with Crippen molar-refractivity contribution in [3.05, 3.63) is 120 Å². The van der Waals surface area contributed by atoms with Gasteiger partial charge in [-0.1, -0.05) is 24.3 Å². The number of nitrogens with zero attached hydrogens (tertiary/aromatic N) is 3. The van der Waals surface area contributed by atoms with Crippen LogP contribution in [0.25, 0.3) is 22.0 Å². The summed E-state index contributed by atoms with van der Waals surface area (Å²) in [4.78, 5) is 21.4. The Kier molecular flexibility index (Phi) is 8.41. The molecule has 1 amide bonds. The third kappa shape index (κ3) is 6.26. The number of para-hydroxylation sites is 1. The Balaban J connectivity index is 1.16. The molecule has 2 heterocycles. The highest BCUT2D eigenvalue weighted by molar-refractivity contribution is 7.92. The van der Waals surface area contributed by atoms with Crippen molar-refractivity contribution in [2.24, 2.45) is 0 Å². The lowest BCUT2D eigenvalue weighted by molar-refractivity contribution is 0.0473. The molecule has 6 rings (SSSR count). The van der Waals surface area contributed by atoms with Gasteiger partial charge in [0.2, 0.25) is 0 Å². The number of rotatable bonds is 7. The smallest absolute Gasteiger partial charge is 0.262 e. The maximum atomic E-state index is 14.2. The Labute approximate surface area is 264 Å². The van der Waals surface area contributed by atoms with E-state index in [0.29, 0.717) is 53.6 Å². The molecule has 12 heteroatoms. The number of nitrogens with two attached hydrogens (primary N) is 1. The van der Waals surface area contributed by atoms with Crippen LogP contribution in [0.3, 0.4) is 0 Å². The summed E-state index contributed by atoms with van der Waals surface area (Å²) in [6, 6.07) is 21.1. The highest BCUT2D eigenvalue weighted by Crippen LogP contribution is 2.34. The lowest BCUT2D eigenvalue weighted by Gasteiger charge is -2.40. The summed E-state index contributed by atoms with van der Waals surface area (Å²) in [5.41, 5.74) is 8.81. The van der Waals surface area contributed by atoms with E-state index in [1.165, 1.54) is 24.3 Å². The number of nitrogens with one attached hydrogen (secondary N) is 1. The number of benzene rings is 4. The number of nitrogen functional groups attached to an aromatic ring is 1. The van der Waals surface area contributed by atoms with Crippen LogP contribution in [0, 0.1) is 17.5 Å². The SMILES string of the molecule is C[C@@H]1CN(Cc2cc(F)c(F)cc2F)CCN1C(=O)c1ccc(NS(=O)(=O)c2ccc(N)cc2-c2cccc3cccnc23)cc1. The molecule has 0 bridgehead atoms. The van der Waals surface area contributed by atoms with E-state index >= 15 is 0 Å². The van der Waals surface area contributed by atoms with Crippen LogP contribution in [0.5, 0.6) is 0 Å². The maximum absolute atomic E-state index is 14.2. The molecule has 236 valence electrons. The predicted octanol–water partition coefficient (Wildman–Crippen LogP) is 6.05. The fourth-order valence-corrected chi connectivity index (χ4v) is 7.04. The number of anilines is 2. The van der Waals surface area contributed by atoms with Crippen LogP contribution in [0.1, 0.15) is 22.8 Å². The van der Waals surface area contributed by atoms with Gasteiger partial charge >= 0.3 is 0 Å². The Morgan fingerprint density at radius 3 is 2.41 bits per heavy atom. The quantitative estimate of drug-likeness (QED) is 0.165. The second-order valence-electron chi connectivity index (χ2n) is 11.3. The number of amides is 1. The van der Waals surface area contributed by atoms with Crippen LogP contribution in [0.4, 0.5) is 24.5 Å². The molecule has 0 radical (unpaired) electrons. The molecule has 3 N–H and O–H groups in total. The van der Waals surface area contributed by atoms with E-state index in [4.69, 9.17) is 5.73 Å². The summed E-state index contributed by atoms with van der Waals surface area (Å²) >= 11 is 0. The number of sulfonamides is 1. The number of aromatic nitrogens is 1. The fourth-order valence-electron chi connectivity index (χ4n) is 5.77. The summed E-state index contributed by atoms with van der Waals surface area (Å²) in [6.07, 6.45) is 1.64. The highest BCUT2D eigenvalue weighted by atomic mass is 32.2. The van der Waals surface area contributed by atoms with Crippen molar-refractivity contribution < 1.29 is 26.4 Å². The van der Waals surface area contributed by atoms with Crippen LogP contribution in [0.15, 0.2) is 96.0 Å². The van der Waals surface area contributed by atoms with Gasteiger partial charge in [0.05, 0.1) is 10.4 Å². The predicted molar refractivity (Wildman–Crippen MR) is 171 cm³/mol.